The summed E-state index contributed by atoms with van der Waals surface area (Å²) in [5, 5.41) is 12.9. The second kappa shape index (κ2) is 19.7. The standard InChI is InChI=1S/C22H34N4OS.C10H18/c1-4-16-28-22-25-24-20(12-8-9-13-21(27)23-17-18(2)3)26(22)15-14-19-10-6-5-7-11-19;1-6-9(4)10(5)7-8(2)3/h5-7,10-11,18H,4,8-9,12-17H2,1-3H3,(H,23,27);6-7,9-10H,1H2,2-5H3. The quantitative estimate of drug-likeness (QED) is 0.133. The third kappa shape index (κ3) is 14.6. The number of aryl methyl sites for hydroxylation is 2. The average Bonchev–Trinajstić information content (AvgIpc) is 3.28. The zero-order chi connectivity index (χ0) is 28.3. The third-order valence-corrected chi connectivity index (χ3v) is 7.43. The van der Waals surface area contributed by atoms with Crippen molar-refractivity contribution >= 4 is 17.7 Å². The Morgan fingerprint density at radius 2 is 1.76 bits per heavy atom. The van der Waals surface area contributed by atoms with E-state index in [0.29, 0.717) is 24.2 Å². The predicted octanol–water partition coefficient (Wildman–Crippen LogP) is 7.92. The van der Waals surface area contributed by atoms with Gasteiger partial charge in [-0.25, -0.2) is 0 Å². The van der Waals surface area contributed by atoms with Gasteiger partial charge in [0.25, 0.3) is 0 Å². The zero-order valence-corrected chi connectivity index (χ0v) is 25.8. The Bertz CT molecular complexity index is 948. The molecule has 0 aliphatic heterocycles. The van der Waals surface area contributed by atoms with Gasteiger partial charge in [0.2, 0.25) is 5.91 Å². The lowest BCUT2D eigenvalue weighted by atomic mass is 9.94. The van der Waals surface area contributed by atoms with Crippen molar-refractivity contribution in [3.8, 4) is 0 Å². The maximum atomic E-state index is 11.9. The second-order valence-corrected chi connectivity index (χ2v) is 11.8. The highest BCUT2D eigenvalue weighted by atomic mass is 32.2. The summed E-state index contributed by atoms with van der Waals surface area (Å²) in [4.78, 5) is 11.9. The summed E-state index contributed by atoms with van der Waals surface area (Å²) in [5.74, 6) is 3.96. The van der Waals surface area contributed by atoms with Crippen LogP contribution in [0.2, 0.25) is 0 Å². The van der Waals surface area contributed by atoms with Crippen LogP contribution in [0.5, 0.6) is 0 Å². The van der Waals surface area contributed by atoms with Gasteiger partial charge >= 0.3 is 0 Å². The number of benzene rings is 1. The Kier molecular flexibility index (Phi) is 17.5. The Morgan fingerprint density at radius 1 is 1.05 bits per heavy atom. The van der Waals surface area contributed by atoms with Gasteiger partial charge in [-0.05, 0) is 62.8 Å². The molecule has 2 aromatic rings. The molecule has 0 spiro atoms. The van der Waals surface area contributed by atoms with Crippen LogP contribution in [0.25, 0.3) is 0 Å². The summed E-state index contributed by atoms with van der Waals surface area (Å²) in [7, 11) is 0. The molecule has 1 N–H and O–H groups in total. The summed E-state index contributed by atoms with van der Waals surface area (Å²) < 4.78 is 2.27. The van der Waals surface area contributed by atoms with Crippen molar-refractivity contribution in [3.63, 3.8) is 0 Å². The number of aromatic nitrogens is 3. The molecule has 1 aromatic carbocycles. The largest absolute Gasteiger partial charge is 0.356 e. The molecule has 0 aliphatic carbocycles. The van der Waals surface area contributed by atoms with Gasteiger partial charge in [-0.3, -0.25) is 4.79 Å². The lowest BCUT2D eigenvalue weighted by Gasteiger charge is -2.11. The first-order chi connectivity index (χ1) is 18.2. The predicted molar refractivity (Wildman–Crippen MR) is 165 cm³/mol. The monoisotopic (exact) mass is 540 g/mol. The van der Waals surface area contributed by atoms with Crippen LogP contribution in [0, 0.1) is 17.8 Å². The van der Waals surface area contributed by atoms with E-state index in [-0.39, 0.29) is 5.91 Å². The fraction of sp³-hybridized carbons (Fsp3) is 0.594. The van der Waals surface area contributed by atoms with Gasteiger partial charge in [-0.1, -0.05) is 94.4 Å². The number of nitrogens with zero attached hydrogens (tertiary/aromatic N) is 3. The van der Waals surface area contributed by atoms with Crippen molar-refractivity contribution < 1.29 is 4.79 Å². The maximum Gasteiger partial charge on any atom is 0.220 e. The summed E-state index contributed by atoms with van der Waals surface area (Å²) >= 11 is 1.78. The molecule has 0 aliphatic rings. The SMILES string of the molecule is C=CC(C)C(C)C=C(C)C.CCCSc1nnc(CCCCC(=O)NCC(C)C)n1CCc1ccccc1. The van der Waals surface area contributed by atoms with E-state index in [9.17, 15) is 4.79 Å². The van der Waals surface area contributed by atoms with Crippen LogP contribution in [0.3, 0.4) is 0 Å². The number of carbonyl (C=O) groups is 1. The fourth-order valence-corrected chi connectivity index (χ4v) is 4.62. The number of hydrogen-bond donors (Lipinski definition) is 1. The molecule has 2 atom stereocenters. The fourth-order valence-electron chi connectivity index (χ4n) is 3.78. The Hall–Kier alpha value is -2.34. The Balaban J connectivity index is 0.000000612. The van der Waals surface area contributed by atoms with Gasteiger partial charge in [0, 0.05) is 31.7 Å². The van der Waals surface area contributed by atoms with Crippen LogP contribution < -0.4 is 5.32 Å². The Labute approximate surface area is 237 Å². The summed E-state index contributed by atoms with van der Waals surface area (Å²) in [6.07, 6.45) is 9.68. The minimum Gasteiger partial charge on any atom is -0.356 e. The van der Waals surface area contributed by atoms with E-state index >= 15 is 0 Å². The van der Waals surface area contributed by atoms with Crippen molar-refractivity contribution in [2.75, 3.05) is 12.3 Å². The normalized spacial score (nSPS) is 12.3. The van der Waals surface area contributed by atoms with E-state index in [1.807, 2.05) is 12.1 Å². The maximum absolute atomic E-state index is 11.9. The number of allylic oxidation sites excluding steroid dienone is 3. The number of rotatable bonds is 16. The molecule has 2 unspecified atom stereocenters. The van der Waals surface area contributed by atoms with Crippen molar-refractivity contribution in [1.29, 1.82) is 0 Å². The lowest BCUT2D eigenvalue weighted by molar-refractivity contribution is -0.121. The number of amides is 1. The first-order valence-electron chi connectivity index (χ1n) is 14.3. The van der Waals surface area contributed by atoms with E-state index in [2.05, 4.69) is 105 Å². The van der Waals surface area contributed by atoms with E-state index in [0.717, 1.165) is 61.9 Å². The molecule has 0 radical (unpaired) electrons. The minimum absolute atomic E-state index is 0.151. The Morgan fingerprint density at radius 3 is 2.37 bits per heavy atom. The molecule has 38 heavy (non-hydrogen) atoms. The highest BCUT2D eigenvalue weighted by Gasteiger charge is 2.13. The van der Waals surface area contributed by atoms with E-state index in [1.165, 1.54) is 11.1 Å². The molecule has 1 amide bonds. The molecule has 6 heteroatoms. The summed E-state index contributed by atoms with van der Waals surface area (Å²) in [5.41, 5.74) is 2.72. The molecule has 2 rings (SSSR count). The van der Waals surface area contributed by atoms with Gasteiger partial charge in [-0.2, -0.15) is 0 Å². The van der Waals surface area contributed by atoms with Gasteiger partial charge < -0.3 is 9.88 Å². The highest BCUT2D eigenvalue weighted by Crippen LogP contribution is 2.20. The number of unbranched alkanes of at least 4 members (excludes halogenated alkanes) is 1. The van der Waals surface area contributed by atoms with Crippen molar-refractivity contribution in [2.24, 2.45) is 17.8 Å². The number of nitrogens with one attached hydrogen (secondary N) is 1. The van der Waals surface area contributed by atoms with E-state index in [4.69, 9.17) is 0 Å². The van der Waals surface area contributed by atoms with Gasteiger partial charge in [0.15, 0.2) is 5.16 Å². The van der Waals surface area contributed by atoms with Crippen LogP contribution in [0.1, 0.15) is 85.5 Å². The molecule has 1 heterocycles. The summed E-state index contributed by atoms with van der Waals surface area (Å²) in [6.45, 7) is 20.5. The first-order valence-corrected chi connectivity index (χ1v) is 15.3. The second-order valence-electron chi connectivity index (χ2n) is 10.7. The van der Waals surface area contributed by atoms with Gasteiger partial charge in [0.1, 0.15) is 5.82 Å². The zero-order valence-electron chi connectivity index (χ0n) is 25.0. The van der Waals surface area contributed by atoms with E-state index < -0.39 is 0 Å². The molecular formula is C32H52N4OS. The topological polar surface area (TPSA) is 59.8 Å². The van der Waals surface area contributed by atoms with Crippen LogP contribution >= 0.6 is 11.8 Å². The lowest BCUT2D eigenvalue weighted by Crippen LogP contribution is -2.26. The van der Waals surface area contributed by atoms with E-state index in [1.54, 1.807) is 11.8 Å². The summed E-state index contributed by atoms with van der Waals surface area (Å²) in [6, 6.07) is 10.5. The highest BCUT2D eigenvalue weighted by molar-refractivity contribution is 7.99. The van der Waals surface area contributed by atoms with Gasteiger partial charge in [-0.15, -0.1) is 16.8 Å². The smallest absolute Gasteiger partial charge is 0.220 e. The molecule has 0 fully saturated rings. The number of thioether (sulfide) groups is 1. The van der Waals surface area contributed by atoms with Crippen LogP contribution in [-0.4, -0.2) is 33.0 Å². The average molecular weight is 541 g/mol. The molecule has 0 bridgehead atoms. The number of carbonyl (C=O) groups excluding carboxylic acids is 1. The van der Waals surface area contributed by atoms with Crippen molar-refractivity contribution in [3.05, 3.63) is 66.0 Å². The minimum atomic E-state index is 0.151. The molecule has 1 aromatic heterocycles. The van der Waals surface area contributed by atoms with Gasteiger partial charge in [0.05, 0.1) is 0 Å². The molecule has 0 saturated carbocycles. The molecule has 212 valence electrons. The molecule has 5 nitrogen and oxygen atoms in total. The molecule has 0 saturated heterocycles. The number of hydrogen-bond acceptors (Lipinski definition) is 4. The van der Waals surface area contributed by atoms with Crippen molar-refractivity contribution in [2.45, 2.75) is 98.7 Å². The van der Waals surface area contributed by atoms with Crippen LogP contribution in [-0.2, 0) is 24.2 Å². The van der Waals surface area contributed by atoms with Crippen molar-refractivity contribution in [1.82, 2.24) is 20.1 Å². The molecular weight excluding hydrogens is 488 g/mol. The first kappa shape index (κ1) is 33.7. The van der Waals surface area contributed by atoms with Crippen LogP contribution in [0.4, 0.5) is 0 Å². The third-order valence-electron chi connectivity index (χ3n) is 6.25. The van der Waals surface area contributed by atoms with Crippen LogP contribution in [0.15, 0.2) is 59.8 Å².